The number of hydrogen-bond donors (Lipinski definition) is 1. The van der Waals surface area contributed by atoms with Crippen LogP contribution in [0.4, 0.5) is 5.13 Å². The fourth-order valence-electron chi connectivity index (χ4n) is 2.11. The monoisotopic (exact) mass is 240 g/mol. The largest absolute Gasteiger partial charge is 0.348 e. The zero-order chi connectivity index (χ0) is 11.5. The summed E-state index contributed by atoms with van der Waals surface area (Å²) in [4.78, 5) is 9.23. The van der Waals surface area contributed by atoms with Gasteiger partial charge in [0.2, 0.25) is 0 Å². The van der Waals surface area contributed by atoms with E-state index in [1.54, 1.807) is 11.3 Å². The highest BCUT2D eigenvalue weighted by atomic mass is 32.1. The number of nitrogens with two attached hydrogens (primary N) is 1. The van der Waals surface area contributed by atoms with Gasteiger partial charge in [0.25, 0.3) is 0 Å². The summed E-state index contributed by atoms with van der Waals surface area (Å²) in [5.74, 6) is 0. The van der Waals surface area contributed by atoms with Crippen LogP contribution in [0.5, 0.6) is 0 Å². The van der Waals surface area contributed by atoms with E-state index in [0.717, 1.165) is 30.0 Å². The van der Waals surface area contributed by atoms with Crippen molar-refractivity contribution >= 4 is 16.5 Å². The zero-order valence-corrected chi connectivity index (χ0v) is 10.8. The third-order valence-corrected chi connectivity index (χ3v) is 4.16. The SMILES string of the molecule is CN(C)C1CCN(c2nc(CN)cs2)CC1. The maximum atomic E-state index is 5.57. The molecule has 1 aliphatic heterocycles. The van der Waals surface area contributed by atoms with Gasteiger partial charge in [0.05, 0.1) is 5.69 Å². The Balaban J connectivity index is 1.93. The van der Waals surface area contributed by atoms with E-state index >= 15 is 0 Å². The van der Waals surface area contributed by atoms with Crippen LogP contribution in [-0.4, -0.2) is 43.1 Å². The molecular formula is C11H20N4S. The van der Waals surface area contributed by atoms with Crippen molar-refractivity contribution < 1.29 is 0 Å². The first-order valence-corrected chi connectivity index (χ1v) is 6.64. The summed E-state index contributed by atoms with van der Waals surface area (Å²) in [7, 11) is 4.33. The van der Waals surface area contributed by atoms with E-state index in [1.807, 2.05) is 0 Å². The van der Waals surface area contributed by atoms with Crippen molar-refractivity contribution in [3.05, 3.63) is 11.1 Å². The average Bonchev–Trinajstić information content (AvgIpc) is 2.77. The molecule has 2 N–H and O–H groups in total. The summed E-state index contributed by atoms with van der Waals surface area (Å²) in [5.41, 5.74) is 6.58. The van der Waals surface area contributed by atoms with E-state index < -0.39 is 0 Å². The van der Waals surface area contributed by atoms with Gasteiger partial charge in [-0.05, 0) is 26.9 Å². The molecule has 0 aliphatic carbocycles. The van der Waals surface area contributed by atoms with Crippen molar-refractivity contribution in [3.8, 4) is 0 Å². The lowest BCUT2D eigenvalue weighted by Crippen LogP contribution is -2.41. The molecule has 0 bridgehead atoms. The number of anilines is 1. The second-order valence-electron chi connectivity index (χ2n) is 4.51. The van der Waals surface area contributed by atoms with E-state index in [1.165, 1.54) is 12.8 Å². The fourth-order valence-corrected chi connectivity index (χ4v) is 3.00. The van der Waals surface area contributed by atoms with Gasteiger partial charge in [-0.3, -0.25) is 0 Å². The van der Waals surface area contributed by atoms with Crippen LogP contribution >= 0.6 is 11.3 Å². The molecule has 0 radical (unpaired) electrons. The minimum Gasteiger partial charge on any atom is -0.348 e. The Kier molecular flexibility index (Phi) is 3.78. The highest BCUT2D eigenvalue weighted by molar-refractivity contribution is 7.13. The van der Waals surface area contributed by atoms with Crippen molar-refractivity contribution in [2.45, 2.75) is 25.4 Å². The van der Waals surface area contributed by atoms with Crippen LogP contribution in [-0.2, 0) is 6.54 Å². The molecule has 2 rings (SSSR count). The summed E-state index contributed by atoms with van der Waals surface area (Å²) >= 11 is 1.71. The summed E-state index contributed by atoms with van der Waals surface area (Å²) in [6, 6.07) is 0.727. The van der Waals surface area contributed by atoms with Gasteiger partial charge >= 0.3 is 0 Å². The minimum atomic E-state index is 0.546. The number of hydrogen-bond acceptors (Lipinski definition) is 5. The molecule has 1 aromatic rings. The number of piperidine rings is 1. The van der Waals surface area contributed by atoms with Gasteiger partial charge in [-0.1, -0.05) is 0 Å². The Morgan fingerprint density at radius 2 is 2.19 bits per heavy atom. The predicted molar refractivity (Wildman–Crippen MR) is 68.9 cm³/mol. The summed E-state index contributed by atoms with van der Waals surface area (Å²) in [6.07, 6.45) is 2.45. The topological polar surface area (TPSA) is 45.4 Å². The summed E-state index contributed by atoms with van der Waals surface area (Å²) in [5, 5.41) is 3.20. The number of aromatic nitrogens is 1. The van der Waals surface area contributed by atoms with Crippen molar-refractivity contribution in [2.24, 2.45) is 5.73 Å². The highest BCUT2D eigenvalue weighted by Crippen LogP contribution is 2.24. The lowest BCUT2D eigenvalue weighted by atomic mass is 10.0. The molecule has 16 heavy (non-hydrogen) atoms. The van der Waals surface area contributed by atoms with Gasteiger partial charge < -0.3 is 15.5 Å². The Hall–Kier alpha value is -0.650. The summed E-state index contributed by atoms with van der Waals surface area (Å²) < 4.78 is 0. The third kappa shape index (κ3) is 2.53. The molecule has 0 atom stereocenters. The molecule has 2 heterocycles. The van der Waals surface area contributed by atoms with Gasteiger partial charge in [0.15, 0.2) is 5.13 Å². The molecule has 1 aromatic heterocycles. The predicted octanol–water partition coefficient (Wildman–Crippen LogP) is 1.13. The maximum Gasteiger partial charge on any atom is 0.185 e. The van der Waals surface area contributed by atoms with E-state index in [4.69, 9.17) is 5.73 Å². The molecule has 1 fully saturated rings. The van der Waals surface area contributed by atoms with Gasteiger partial charge in [-0.25, -0.2) is 4.98 Å². The van der Waals surface area contributed by atoms with Gasteiger partial charge in [0.1, 0.15) is 0 Å². The van der Waals surface area contributed by atoms with Crippen molar-refractivity contribution in [3.63, 3.8) is 0 Å². The molecule has 5 heteroatoms. The maximum absolute atomic E-state index is 5.57. The molecule has 0 aromatic carbocycles. The first-order valence-electron chi connectivity index (χ1n) is 5.76. The average molecular weight is 240 g/mol. The van der Waals surface area contributed by atoms with Crippen molar-refractivity contribution in [2.75, 3.05) is 32.1 Å². The summed E-state index contributed by atoms with van der Waals surface area (Å²) in [6.45, 7) is 2.77. The van der Waals surface area contributed by atoms with Crippen LogP contribution in [0, 0.1) is 0 Å². The minimum absolute atomic E-state index is 0.546. The van der Waals surface area contributed by atoms with Gasteiger partial charge in [0, 0.05) is 31.1 Å². The number of rotatable bonds is 3. The fraction of sp³-hybridized carbons (Fsp3) is 0.727. The van der Waals surface area contributed by atoms with Crippen molar-refractivity contribution in [1.82, 2.24) is 9.88 Å². The van der Waals surface area contributed by atoms with E-state index in [0.29, 0.717) is 6.54 Å². The standard InChI is InChI=1S/C11H20N4S/c1-14(2)10-3-5-15(6-4-10)11-13-9(7-12)8-16-11/h8,10H,3-7,12H2,1-2H3. The first-order chi connectivity index (χ1) is 7.70. The Labute approximate surface area is 101 Å². The molecule has 1 saturated heterocycles. The molecule has 4 nitrogen and oxygen atoms in total. The molecular weight excluding hydrogens is 220 g/mol. The second kappa shape index (κ2) is 5.12. The lowest BCUT2D eigenvalue weighted by Gasteiger charge is -2.35. The van der Waals surface area contributed by atoms with Crippen LogP contribution in [0.3, 0.4) is 0 Å². The smallest absolute Gasteiger partial charge is 0.185 e. The van der Waals surface area contributed by atoms with Crippen molar-refractivity contribution in [1.29, 1.82) is 0 Å². The molecule has 0 saturated carbocycles. The number of nitrogens with zero attached hydrogens (tertiary/aromatic N) is 3. The van der Waals surface area contributed by atoms with Gasteiger partial charge in [-0.15, -0.1) is 11.3 Å². The Bertz CT molecular complexity index is 328. The van der Waals surface area contributed by atoms with E-state index in [-0.39, 0.29) is 0 Å². The number of thiazole rings is 1. The Morgan fingerprint density at radius 1 is 1.50 bits per heavy atom. The normalized spacial score (nSPS) is 18.4. The quantitative estimate of drug-likeness (QED) is 0.860. The lowest BCUT2D eigenvalue weighted by molar-refractivity contribution is 0.249. The van der Waals surface area contributed by atoms with Crippen LogP contribution in [0.25, 0.3) is 0 Å². The first kappa shape index (κ1) is 11.8. The van der Waals surface area contributed by atoms with E-state index in [2.05, 4.69) is 34.3 Å². The van der Waals surface area contributed by atoms with Crippen LogP contribution in [0.1, 0.15) is 18.5 Å². The zero-order valence-electron chi connectivity index (χ0n) is 10.0. The molecule has 90 valence electrons. The molecule has 1 aliphatic rings. The highest BCUT2D eigenvalue weighted by Gasteiger charge is 2.22. The van der Waals surface area contributed by atoms with E-state index in [9.17, 15) is 0 Å². The van der Waals surface area contributed by atoms with Crippen LogP contribution < -0.4 is 10.6 Å². The van der Waals surface area contributed by atoms with Crippen LogP contribution in [0.2, 0.25) is 0 Å². The van der Waals surface area contributed by atoms with Crippen LogP contribution in [0.15, 0.2) is 5.38 Å². The molecule has 0 spiro atoms. The third-order valence-electron chi connectivity index (χ3n) is 3.21. The second-order valence-corrected chi connectivity index (χ2v) is 5.34. The van der Waals surface area contributed by atoms with Gasteiger partial charge in [-0.2, -0.15) is 0 Å². The molecule has 0 unspecified atom stereocenters. The Morgan fingerprint density at radius 3 is 2.69 bits per heavy atom. The molecule has 0 amide bonds.